The van der Waals surface area contributed by atoms with Gasteiger partial charge in [-0.3, -0.25) is 0 Å². The first kappa shape index (κ1) is 22.9. The van der Waals surface area contributed by atoms with Gasteiger partial charge < -0.3 is 15.5 Å². The summed E-state index contributed by atoms with van der Waals surface area (Å²) < 4.78 is 0. The molecule has 1 unspecified atom stereocenters. The van der Waals surface area contributed by atoms with E-state index in [-0.39, 0.29) is 24.0 Å². The second-order valence-corrected chi connectivity index (χ2v) is 6.07. The minimum atomic E-state index is 0. The highest BCUT2D eigenvalue weighted by Crippen LogP contribution is 2.11. The van der Waals surface area contributed by atoms with Crippen LogP contribution >= 0.6 is 24.0 Å². The van der Waals surface area contributed by atoms with Crippen molar-refractivity contribution in [1.29, 1.82) is 0 Å². The van der Waals surface area contributed by atoms with Crippen LogP contribution < -0.4 is 15.5 Å². The van der Waals surface area contributed by atoms with Gasteiger partial charge >= 0.3 is 0 Å². The van der Waals surface area contributed by atoms with Gasteiger partial charge in [-0.25, -0.2) is 9.98 Å². The van der Waals surface area contributed by atoms with Crippen molar-refractivity contribution < 1.29 is 0 Å². The van der Waals surface area contributed by atoms with Crippen LogP contribution in [0.3, 0.4) is 0 Å². The average Bonchev–Trinajstić information content (AvgIpc) is 2.55. The maximum atomic E-state index is 4.66. The number of hydrogen-bond donors (Lipinski definition) is 2. The van der Waals surface area contributed by atoms with Crippen molar-refractivity contribution in [3.05, 3.63) is 23.9 Å². The van der Waals surface area contributed by atoms with Gasteiger partial charge in [-0.05, 0) is 45.2 Å². The molecule has 1 atom stereocenters. The molecule has 0 amide bonds. The Morgan fingerprint density at radius 3 is 2.29 bits per heavy atom. The van der Waals surface area contributed by atoms with Crippen molar-refractivity contribution >= 4 is 35.8 Å². The third-order valence-corrected chi connectivity index (χ3v) is 4.02. The van der Waals surface area contributed by atoms with Gasteiger partial charge in [-0.15, -0.1) is 24.0 Å². The Morgan fingerprint density at radius 1 is 1.17 bits per heavy atom. The quantitative estimate of drug-likeness (QED) is 0.363. The number of aromatic nitrogens is 1. The number of hydrogen-bond acceptors (Lipinski definition) is 3. The first-order valence-electron chi connectivity index (χ1n) is 8.76. The van der Waals surface area contributed by atoms with Crippen molar-refractivity contribution in [3.8, 4) is 0 Å². The summed E-state index contributed by atoms with van der Waals surface area (Å²) in [5.74, 6) is 2.46. The number of halogens is 1. The van der Waals surface area contributed by atoms with Gasteiger partial charge in [0.15, 0.2) is 5.96 Å². The highest BCUT2D eigenvalue weighted by molar-refractivity contribution is 14.0. The third-order valence-electron chi connectivity index (χ3n) is 4.02. The highest BCUT2D eigenvalue weighted by atomic mass is 127. The van der Waals surface area contributed by atoms with Crippen molar-refractivity contribution in [2.75, 3.05) is 24.5 Å². The van der Waals surface area contributed by atoms with E-state index in [4.69, 9.17) is 0 Å². The number of anilines is 1. The molecule has 0 aliphatic heterocycles. The van der Waals surface area contributed by atoms with Gasteiger partial charge in [0.05, 0.1) is 6.54 Å². The SMILES string of the molecule is CCNC(=NCc1ccc(N(CC)CC)nc1)NC(C)C(C)C.I. The second kappa shape index (κ2) is 12.3. The molecule has 0 spiro atoms. The van der Waals surface area contributed by atoms with Crippen LogP contribution in [0, 0.1) is 5.92 Å². The predicted molar refractivity (Wildman–Crippen MR) is 115 cm³/mol. The molecule has 0 radical (unpaired) electrons. The summed E-state index contributed by atoms with van der Waals surface area (Å²) in [5.41, 5.74) is 1.12. The Morgan fingerprint density at radius 2 is 1.83 bits per heavy atom. The second-order valence-electron chi connectivity index (χ2n) is 6.07. The normalized spacial score (nSPS) is 12.5. The molecule has 0 saturated heterocycles. The number of rotatable bonds is 8. The van der Waals surface area contributed by atoms with Gasteiger partial charge in [-0.1, -0.05) is 19.9 Å². The number of nitrogens with one attached hydrogen (secondary N) is 2. The minimum absolute atomic E-state index is 0. The fourth-order valence-electron chi connectivity index (χ4n) is 2.12. The molecule has 24 heavy (non-hydrogen) atoms. The maximum Gasteiger partial charge on any atom is 0.191 e. The molecule has 0 aliphatic carbocycles. The fraction of sp³-hybridized carbons (Fsp3) is 0.667. The lowest BCUT2D eigenvalue weighted by molar-refractivity contribution is 0.481. The summed E-state index contributed by atoms with van der Waals surface area (Å²) in [6.07, 6.45) is 1.92. The van der Waals surface area contributed by atoms with E-state index in [9.17, 15) is 0 Å². The average molecular weight is 447 g/mol. The van der Waals surface area contributed by atoms with Gasteiger partial charge in [0.2, 0.25) is 0 Å². The molecular weight excluding hydrogens is 413 g/mol. The van der Waals surface area contributed by atoms with E-state index >= 15 is 0 Å². The molecule has 138 valence electrons. The Labute approximate surface area is 164 Å². The van der Waals surface area contributed by atoms with Crippen molar-refractivity contribution in [2.45, 2.75) is 54.1 Å². The Hall–Kier alpha value is -1.05. The predicted octanol–water partition coefficient (Wildman–Crippen LogP) is 3.65. The van der Waals surface area contributed by atoms with Crippen molar-refractivity contribution in [3.63, 3.8) is 0 Å². The van der Waals surface area contributed by atoms with E-state index < -0.39 is 0 Å². The lowest BCUT2D eigenvalue weighted by atomic mass is 10.1. The van der Waals surface area contributed by atoms with Crippen LogP contribution in [0.4, 0.5) is 5.82 Å². The zero-order valence-corrected chi connectivity index (χ0v) is 18.3. The molecule has 0 bridgehead atoms. The summed E-state index contributed by atoms with van der Waals surface area (Å²) in [5, 5.41) is 6.74. The molecule has 5 nitrogen and oxygen atoms in total. The van der Waals surface area contributed by atoms with Crippen LogP contribution in [-0.4, -0.2) is 36.6 Å². The zero-order valence-electron chi connectivity index (χ0n) is 16.0. The van der Waals surface area contributed by atoms with Crippen LogP contribution in [0.5, 0.6) is 0 Å². The Kier molecular flexibility index (Phi) is 11.8. The highest BCUT2D eigenvalue weighted by Gasteiger charge is 2.09. The van der Waals surface area contributed by atoms with E-state index in [0.717, 1.165) is 37.0 Å². The van der Waals surface area contributed by atoms with E-state index in [1.54, 1.807) is 0 Å². The van der Waals surface area contributed by atoms with Crippen LogP contribution in [0.25, 0.3) is 0 Å². The first-order valence-corrected chi connectivity index (χ1v) is 8.76. The smallest absolute Gasteiger partial charge is 0.191 e. The summed E-state index contributed by atoms with van der Waals surface area (Å²) in [4.78, 5) is 11.5. The van der Waals surface area contributed by atoms with Crippen LogP contribution in [0.1, 0.15) is 47.1 Å². The summed E-state index contributed by atoms with van der Waals surface area (Å²) in [6.45, 7) is 16.4. The van der Waals surface area contributed by atoms with E-state index in [1.165, 1.54) is 0 Å². The van der Waals surface area contributed by atoms with Crippen molar-refractivity contribution in [2.24, 2.45) is 10.9 Å². The van der Waals surface area contributed by atoms with Crippen LogP contribution in [-0.2, 0) is 6.54 Å². The minimum Gasteiger partial charge on any atom is -0.357 e. The lowest BCUT2D eigenvalue weighted by Crippen LogP contribution is -2.44. The third kappa shape index (κ3) is 7.68. The van der Waals surface area contributed by atoms with Crippen molar-refractivity contribution in [1.82, 2.24) is 15.6 Å². The van der Waals surface area contributed by atoms with Crippen LogP contribution in [0.2, 0.25) is 0 Å². The molecule has 2 N–H and O–H groups in total. The van der Waals surface area contributed by atoms with Crippen LogP contribution in [0.15, 0.2) is 23.3 Å². The first-order chi connectivity index (χ1) is 11.0. The Balaban J connectivity index is 0.00000529. The molecule has 1 heterocycles. The van der Waals surface area contributed by atoms with Gasteiger partial charge in [0.1, 0.15) is 5.82 Å². The number of guanidine groups is 1. The summed E-state index contributed by atoms with van der Waals surface area (Å²) in [7, 11) is 0. The lowest BCUT2D eigenvalue weighted by Gasteiger charge is -2.21. The van der Waals surface area contributed by atoms with Gasteiger partial charge in [0.25, 0.3) is 0 Å². The molecule has 0 saturated carbocycles. The van der Waals surface area contributed by atoms with E-state index in [0.29, 0.717) is 18.5 Å². The van der Waals surface area contributed by atoms with E-state index in [1.807, 2.05) is 6.20 Å². The largest absolute Gasteiger partial charge is 0.357 e. The van der Waals surface area contributed by atoms with Gasteiger partial charge in [0, 0.05) is 31.9 Å². The van der Waals surface area contributed by atoms with E-state index in [2.05, 4.69) is 79.2 Å². The topological polar surface area (TPSA) is 52.6 Å². The standard InChI is InChI=1S/C18H33N5.HI/c1-7-19-18(22-15(6)14(4)5)21-13-16-10-11-17(20-12-16)23(8-2)9-3;/h10-12,14-15H,7-9,13H2,1-6H3,(H2,19,21,22);1H. The fourth-order valence-corrected chi connectivity index (χ4v) is 2.12. The number of pyridine rings is 1. The summed E-state index contributed by atoms with van der Waals surface area (Å²) >= 11 is 0. The molecule has 1 aromatic heterocycles. The monoisotopic (exact) mass is 447 g/mol. The molecule has 0 aromatic carbocycles. The molecule has 0 fully saturated rings. The maximum absolute atomic E-state index is 4.66. The molecule has 6 heteroatoms. The summed E-state index contributed by atoms with van der Waals surface area (Å²) in [6, 6.07) is 4.57. The number of nitrogens with zero attached hydrogens (tertiary/aromatic N) is 3. The molecular formula is C18H34IN5. The molecule has 1 aromatic rings. The Bertz CT molecular complexity index is 469. The molecule has 1 rings (SSSR count). The van der Waals surface area contributed by atoms with Gasteiger partial charge in [-0.2, -0.15) is 0 Å². The zero-order chi connectivity index (χ0) is 17.2. The number of aliphatic imine (C=N–C) groups is 1. The molecule has 0 aliphatic rings.